The summed E-state index contributed by atoms with van der Waals surface area (Å²) in [5, 5.41) is 7.35. The van der Waals surface area contributed by atoms with Crippen LogP contribution in [0.3, 0.4) is 0 Å². The number of benzene rings is 4. The van der Waals surface area contributed by atoms with Gasteiger partial charge in [-0.25, -0.2) is 0 Å². The van der Waals surface area contributed by atoms with Crippen LogP contribution in [0.25, 0.3) is 43.4 Å². The monoisotopic (exact) mass is 667 g/mol. The zero-order valence-corrected chi connectivity index (χ0v) is 23.8. The maximum Gasteiger partial charge on any atom is 3.00 e. The van der Waals surface area contributed by atoms with Gasteiger partial charge < -0.3 is 9.59 Å². The molecule has 0 spiro atoms. The molecule has 2 heterocycles. The van der Waals surface area contributed by atoms with Crippen molar-refractivity contribution in [2.45, 2.75) is 27.7 Å². The van der Waals surface area contributed by atoms with Crippen molar-refractivity contribution >= 4 is 54.9 Å². The van der Waals surface area contributed by atoms with Crippen LogP contribution in [0.4, 0.5) is 0 Å². The van der Waals surface area contributed by atoms with E-state index >= 15 is 0 Å². The first kappa shape index (κ1) is 29.4. The number of aromatic nitrogens is 2. The molecule has 0 bridgehead atoms. The first-order valence-electron chi connectivity index (χ1n) is 11.8. The second-order valence-corrected chi connectivity index (χ2v) is 8.54. The van der Waals surface area contributed by atoms with Crippen LogP contribution in [0.15, 0.2) is 109 Å². The normalized spacial score (nSPS) is 9.62. The Hall–Kier alpha value is -3.79. The quantitative estimate of drug-likeness (QED) is 0.154. The van der Waals surface area contributed by atoms with Crippen molar-refractivity contribution in [1.29, 1.82) is 0 Å². The van der Waals surface area contributed by atoms with E-state index < -0.39 is 0 Å². The number of pyridine rings is 2. The molecule has 0 aliphatic carbocycles. The Morgan fingerprint density at radius 3 is 1.14 bits per heavy atom. The molecule has 2 aromatic heterocycles. The molecule has 5 heteroatoms. The SMILES string of the molecule is CC(C)=O.CC(C)=O.[Ir+3].c1ccc2c(c1)ccc1cccnc12.c1ccc2c(c1)ccc1cccnc12. The summed E-state index contributed by atoms with van der Waals surface area (Å²) in [6.07, 6.45) is 3.68. The van der Waals surface area contributed by atoms with E-state index in [0.717, 1.165) is 11.0 Å². The van der Waals surface area contributed by atoms with Crippen LogP contribution in [0.5, 0.6) is 0 Å². The zero-order chi connectivity index (χ0) is 25.9. The molecule has 0 saturated heterocycles. The Bertz CT molecular complexity index is 1390. The van der Waals surface area contributed by atoms with Crippen LogP contribution >= 0.6 is 0 Å². The number of ketones is 2. The van der Waals surface area contributed by atoms with E-state index in [0.29, 0.717) is 0 Å². The number of hydrogen-bond donors (Lipinski definition) is 0. The molecule has 0 saturated carbocycles. The van der Waals surface area contributed by atoms with Crippen molar-refractivity contribution in [2.24, 2.45) is 0 Å². The van der Waals surface area contributed by atoms with Gasteiger partial charge in [-0.15, -0.1) is 0 Å². The maximum atomic E-state index is 9.44. The zero-order valence-electron chi connectivity index (χ0n) is 21.4. The average molecular weight is 667 g/mol. The van der Waals surface area contributed by atoms with E-state index in [2.05, 4.69) is 94.9 Å². The molecule has 0 radical (unpaired) electrons. The smallest absolute Gasteiger partial charge is 0.300 e. The number of nitrogens with zero attached hydrogens (tertiary/aromatic N) is 2. The van der Waals surface area contributed by atoms with Crippen molar-refractivity contribution in [2.75, 3.05) is 0 Å². The largest absolute Gasteiger partial charge is 3.00 e. The maximum absolute atomic E-state index is 9.44. The van der Waals surface area contributed by atoms with E-state index in [1.54, 1.807) is 0 Å². The van der Waals surface area contributed by atoms with Gasteiger partial charge in [0.05, 0.1) is 11.0 Å². The first-order valence-corrected chi connectivity index (χ1v) is 11.8. The molecule has 4 nitrogen and oxygen atoms in total. The van der Waals surface area contributed by atoms with Crippen molar-refractivity contribution in [1.82, 2.24) is 9.97 Å². The van der Waals surface area contributed by atoms with Gasteiger partial charge in [-0.3, -0.25) is 9.97 Å². The summed E-state index contributed by atoms with van der Waals surface area (Å²) in [5.41, 5.74) is 2.18. The van der Waals surface area contributed by atoms with Gasteiger partial charge in [0.25, 0.3) is 0 Å². The Kier molecular flexibility index (Phi) is 11.7. The van der Waals surface area contributed by atoms with E-state index in [1.165, 1.54) is 60.0 Å². The molecule has 0 aliphatic heterocycles. The predicted molar refractivity (Wildman–Crippen MR) is 151 cm³/mol. The molecule has 0 atom stereocenters. The van der Waals surface area contributed by atoms with Gasteiger partial charge in [-0.05, 0) is 50.6 Å². The number of Topliss-reactive ketones (excluding diaryl/α,β-unsaturated/α-hetero) is 2. The Balaban J connectivity index is 0.000000199. The van der Waals surface area contributed by atoms with E-state index in [1.807, 2.05) is 24.5 Å². The summed E-state index contributed by atoms with van der Waals surface area (Å²) in [6, 6.07) is 33.3. The minimum absolute atomic E-state index is 0. The van der Waals surface area contributed by atoms with Gasteiger partial charge in [0.2, 0.25) is 0 Å². The van der Waals surface area contributed by atoms with Crippen LogP contribution in [-0.4, -0.2) is 21.5 Å². The molecule has 6 rings (SSSR count). The standard InChI is InChI=1S/2C13H9N.2C3H6O.Ir/c2*1-2-6-12-10(4-1)7-8-11-5-3-9-14-13(11)12;2*1-3(2)4;/h2*1-9H;2*1-2H3;/q;;;;+3. The molecule has 0 amide bonds. The minimum atomic E-state index is 0. The second kappa shape index (κ2) is 14.7. The number of hydrogen-bond acceptors (Lipinski definition) is 4. The van der Waals surface area contributed by atoms with Gasteiger partial charge in [0.1, 0.15) is 11.6 Å². The van der Waals surface area contributed by atoms with Crippen molar-refractivity contribution in [3.05, 3.63) is 109 Å². The molecular formula is C32H30IrN2O2+3. The number of carbonyl (C=O) groups is 2. The minimum Gasteiger partial charge on any atom is -0.300 e. The van der Waals surface area contributed by atoms with Crippen LogP contribution in [0.1, 0.15) is 27.7 Å². The van der Waals surface area contributed by atoms with Gasteiger partial charge in [0.15, 0.2) is 0 Å². The summed E-state index contributed by atoms with van der Waals surface area (Å²) in [5.74, 6) is 0.333. The Morgan fingerprint density at radius 2 is 0.757 bits per heavy atom. The molecule has 0 aliphatic rings. The number of carbonyl (C=O) groups excluding carboxylic acids is 2. The van der Waals surface area contributed by atoms with Crippen LogP contribution in [0, 0.1) is 0 Å². The number of fused-ring (bicyclic) bond motifs is 6. The van der Waals surface area contributed by atoms with E-state index in [9.17, 15) is 9.59 Å². The molecule has 0 N–H and O–H groups in total. The van der Waals surface area contributed by atoms with Crippen LogP contribution < -0.4 is 0 Å². The van der Waals surface area contributed by atoms with Crippen molar-refractivity contribution in [3.63, 3.8) is 0 Å². The van der Waals surface area contributed by atoms with Crippen LogP contribution in [0.2, 0.25) is 0 Å². The summed E-state index contributed by atoms with van der Waals surface area (Å²) in [6.45, 7) is 6.11. The van der Waals surface area contributed by atoms with Gasteiger partial charge >= 0.3 is 20.1 Å². The summed E-state index contributed by atoms with van der Waals surface area (Å²) < 4.78 is 0. The molecule has 4 aromatic carbocycles. The van der Waals surface area contributed by atoms with Crippen molar-refractivity contribution < 1.29 is 29.7 Å². The average Bonchev–Trinajstić information content (AvgIpc) is 2.88. The summed E-state index contributed by atoms with van der Waals surface area (Å²) in [4.78, 5) is 27.7. The fraction of sp³-hybridized carbons (Fsp3) is 0.125. The molecule has 6 aromatic rings. The van der Waals surface area contributed by atoms with Crippen LogP contribution in [-0.2, 0) is 29.7 Å². The molecule has 0 unspecified atom stereocenters. The Morgan fingerprint density at radius 1 is 0.459 bits per heavy atom. The third-order valence-corrected chi connectivity index (χ3v) is 4.99. The Labute approximate surface area is 231 Å². The third kappa shape index (κ3) is 8.68. The fourth-order valence-corrected chi connectivity index (χ4v) is 3.63. The second-order valence-electron chi connectivity index (χ2n) is 8.54. The molecule has 186 valence electrons. The van der Waals surface area contributed by atoms with E-state index in [4.69, 9.17) is 0 Å². The molecule has 0 fully saturated rings. The fourth-order valence-electron chi connectivity index (χ4n) is 3.63. The summed E-state index contributed by atoms with van der Waals surface area (Å²) in [7, 11) is 0. The van der Waals surface area contributed by atoms with Crippen molar-refractivity contribution in [3.8, 4) is 0 Å². The molecule has 37 heavy (non-hydrogen) atoms. The van der Waals surface area contributed by atoms with Gasteiger partial charge in [-0.2, -0.15) is 0 Å². The number of rotatable bonds is 0. The summed E-state index contributed by atoms with van der Waals surface area (Å²) >= 11 is 0. The van der Waals surface area contributed by atoms with E-state index in [-0.39, 0.29) is 31.7 Å². The predicted octanol–water partition coefficient (Wildman–Crippen LogP) is 7.96. The van der Waals surface area contributed by atoms with Gasteiger partial charge in [0, 0.05) is 33.9 Å². The third-order valence-electron chi connectivity index (χ3n) is 4.99. The first-order chi connectivity index (χ1) is 17.4. The topological polar surface area (TPSA) is 59.9 Å². The molecular weight excluding hydrogens is 637 g/mol. The van der Waals surface area contributed by atoms with Gasteiger partial charge in [-0.1, -0.05) is 84.9 Å².